The van der Waals surface area contributed by atoms with E-state index in [2.05, 4.69) is 197 Å². The zero-order valence-corrected chi connectivity index (χ0v) is 34.9. The van der Waals surface area contributed by atoms with Crippen LogP contribution in [0.3, 0.4) is 0 Å². The van der Waals surface area contributed by atoms with Crippen LogP contribution < -0.4 is 14.3 Å². The van der Waals surface area contributed by atoms with Crippen molar-refractivity contribution in [3.8, 4) is 28.3 Å². The highest BCUT2D eigenvalue weighted by Gasteiger charge is 2.67. The van der Waals surface area contributed by atoms with Gasteiger partial charge in [-0.3, -0.25) is 0 Å². The Morgan fingerprint density at radius 1 is 0.709 bits per heavy atom. The fourth-order valence-electron chi connectivity index (χ4n) is 9.73. The maximum absolute atomic E-state index is 7.10. The Hall–Kier alpha value is -5.26. The molecule has 274 valence electrons. The first-order valence-corrected chi connectivity index (χ1v) is 23.6. The van der Waals surface area contributed by atoms with Gasteiger partial charge in [-0.2, -0.15) is 4.57 Å². The molecule has 2 aliphatic rings. The van der Waals surface area contributed by atoms with Crippen LogP contribution in [0.4, 0.5) is 0 Å². The Morgan fingerprint density at radius 2 is 1.42 bits per heavy atom. The predicted octanol–water partition coefficient (Wildman–Crippen LogP) is 11.5. The monoisotopic (exact) mass is 737 g/mol. The third kappa shape index (κ3) is 4.50. The molecular weight excluding hydrogens is 687 g/mol. The van der Waals surface area contributed by atoms with Crippen molar-refractivity contribution >= 4 is 46.2 Å². The van der Waals surface area contributed by atoms with Gasteiger partial charge in [0.25, 0.3) is 0 Å². The van der Waals surface area contributed by atoms with Crippen molar-refractivity contribution in [3.63, 3.8) is 0 Å². The number of benzene rings is 5. The van der Waals surface area contributed by atoms with E-state index in [9.17, 15) is 0 Å². The lowest BCUT2D eigenvalue weighted by Crippen LogP contribution is -2.72. The van der Waals surface area contributed by atoms with Crippen LogP contribution in [0.5, 0.6) is 0 Å². The van der Waals surface area contributed by atoms with Crippen LogP contribution in [0.15, 0.2) is 120 Å². The molecule has 0 bridgehead atoms. The summed E-state index contributed by atoms with van der Waals surface area (Å²) in [4.78, 5) is 0. The Kier molecular flexibility index (Phi) is 7.09. The van der Waals surface area contributed by atoms with Gasteiger partial charge < -0.3 is 4.42 Å². The number of pyridine rings is 1. The van der Waals surface area contributed by atoms with E-state index >= 15 is 0 Å². The number of rotatable bonds is 4. The van der Waals surface area contributed by atoms with E-state index in [1.165, 1.54) is 72.4 Å². The van der Waals surface area contributed by atoms with Gasteiger partial charge in [-0.15, -0.1) is 9.13 Å². The van der Waals surface area contributed by atoms with E-state index in [0.29, 0.717) is 11.8 Å². The zero-order chi connectivity index (χ0) is 38.3. The van der Waals surface area contributed by atoms with Gasteiger partial charge in [0.05, 0.1) is 24.8 Å². The van der Waals surface area contributed by atoms with Gasteiger partial charge in [0.2, 0.25) is 5.69 Å². The second-order valence-electron chi connectivity index (χ2n) is 18.6. The number of imidazole rings is 1. The lowest BCUT2D eigenvalue weighted by atomic mass is 9.82. The Bertz CT molecular complexity index is 2820. The number of hydrogen-bond acceptors (Lipinski definition) is 1. The van der Waals surface area contributed by atoms with E-state index < -0.39 is 13.7 Å². The van der Waals surface area contributed by atoms with Crippen LogP contribution in [-0.2, 0) is 11.1 Å². The van der Waals surface area contributed by atoms with Crippen molar-refractivity contribution in [2.75, 3.05) is 0 Å². The van der Waals surface area contributed by atoms with Crippen molar-refractivity contribution in [2.24, 2.45) is 0 Å². The van der Waals surface area contributed by atoms with E-state index in [1.54, 1.807) is 0 Å². The largest absolute Gasteiger partial charge is 0.455 e. The molecule has 8 aromatic rings. The lowest BCUT2D eigenvalue weighted by molar-refractivity contribution is -0.944. The van der Waals surface area contributed by atoms with Crippen LogP contribution in [0, 0.1) is 0 Å². The number of fused-ring (bicyclic) bond motifs is 16. The highest BCUT2D eigenvalue weighted by Crippen LogP contribution is 2.53. The summed E-state index contributed by atoms with van der Waals surface area (Å²) < 4.78 is 15.1. The smallest absolute Gasteiger partial charge is 0.364 e. The molecule has 10 rings (SSSR count). The highest BCUT2D eigenvalue weighted by atomic mass is 28.3. The molecule has 5 aromatic carbocycles. The molecule has 2 aliphatic heterocycles. The number of para-hydroxylation sites is 4. The molecule has 3 aromatic heterocycles. The van der Waals surface area contributed by atoms with Crippen LogP contribution in [-0.4, -0.2) is 12.6 Å². The average Bonchev–Trinajstić information content (AvgIpc) is 3.86. The van der Waals surface area contributed by atoms with Crippen LogP contribution in [0.1, 0.15) is 88.1 Å². The fraction of sp³-hybridized carbons (Fsp3) is 0.280. The molecule has 4 nitrogen and oxygen atoms in total. The van der Waals surface area contributed by atoms with Crippen LogP contribution in [0.2, 0.25) is 19.6 Å². The summed E-state index contributed by atoms with van der Waals surface area (Å²) in [5.74, 6) is 1.81. The summed E-state index contributed by atoms with van der Waals surface area (Å²) in [6.45, 7) is 23.7. The fourth-order valence-corrected chi connectivity index (χ4v) is 10.8. The van der Waals surface area contributed by atoms with Crippen molar-refractivity contribution in [1.82, 2.24) is 4.57 Å². The predicted molar refractivity (Wildman–Crippen MR) is 230 cm³/mol. The number of furan rings is 1. The summed E-state index contributed by atoms with van der Waals surface area (Å²) in [7, 11) is -1.73. The van der Waals surface area contributed by atoms with Gasteiger partial charge in [0, 0.05) is 33.2 Å². The van der Waals surface area contributed by atoms with Gasteiger partial charge in [-0.25, -0.2) is 0 Å². The van der Waals surface area contributed by atoms with Crippen molar-refractivity contribution in [2.45, 2.75) is 91.0 Å². The minimum atomic E-state index is -1.73. The molecule has 1 unspecified atom stereocenters. The molecule has 1 atom stereocenters. The molecule has 55 heavy (non-hydrogen) atoms. The first-order chi connectivity index (χ1) is 26.2. The lowest BCUT2D eigenvalue weighted by Gasteiger charge is -2.24. The van der Waals surface area contributed by atoms with Crippen molar-refractivity contribution < 1.29 is 13.6 Å². The Morgan fingerprint density at radius 3 is 2.13 bits per heavy atom. The van der Waals surface area contributed by atoms with Crippen molar-refractivity contribution in [3.05, 3.63) is 143 Å². The minimum Gasteiger partial charge on any atom is -0.455 e. The van der Waals surface area contributed by atoms with Gasteiger partial charge >= 0.3 is 11.5 Å². The maximum atomic E-state index is 7.10. The summed E-state index contributed by atoms with van der Waals surface area (Å²) in [5.41, 5.74) is 15.1. The summed E-state index contributed by atoms with van der Waals surface area (Å²) >= 11 is 0. The molecule has 0 saturated carbocycles. The van der Waals surface area contributed by atoms with Gasteiger partial charge in [0.15, 0.2) is 22.8 Å². The maximum Gasteiger partial charge on any atom is 0.364 e. The van der Waals surface area contributed by atoms with Gasteiger partial charge in [0.1, 0.15) is 16.8 Å². The quantitative estimate of drug-likeness (QED) is 0.130. The van der Waals surface area contributed by atoms with Gasteiger partial charge in [-0.1, -0.05) is 129 Å². The third-order valence-corrected chi connectivity index (χ3v) is 14.6. The molecule has 5 heterocycles. The number of hydrogen-bond donors (Lipinski definition) is 0. The SMILES string of the molecule is CC(C)c1cccc(C(C)C)c1-n1c2[n+](c3ccccc31)C1(c3cc(C(C)(C)C)ccc3-c3ccc([Si](C)(C)C)c[n+]31)c1ccc3c(oc4ccccc43)c1-2. The Labute approximate surface area is 325 Å². The van der Waals surface area contributed by atoms with E-state index in [-0.39, 0.29) is 5.41 Å². The van der Waals surface area contributed by atoms with Crippen LogP contribution in [0.25, 0.3) is 61.3 Å². The van der Waals surface area contributed by atoms with Crippen molar-refractivity contribution in [1.29, 1.82) is 0 Å². The standard InChI is InChI=1S/C50H51N3OSi/c1-30(2)34-17-15-18-35(31(3)4)46(34)52-42-19-12-13-20-43(42)53-48(52)45-39(26-25-37-36-16-11-14-21-44(36)54-47(37)45)50(53)40-28-32(49(5,6)7)22-24-38(40)41-27-23-33(29-51(41)50)55(8,9)10/h11-31H,1-10H3/q+2. The van der Waals surface area contributed by atoms with E-state index in [4.69, 9.17) is 4.42 Å². The summed E-state index contributed by atoms with van der Waals surface area (Å²) in [5, 5.41) is 3.74. The number of aromatic nitrogens is 3. The zero-order valence-electron chi connectivity index (χ0n) is 33.9. The first kappa shape index (κ1) is 34.2. The second-order valence-corrected chi connectivity index (χ2v) is 23.7. The molecule has 0 saturated heterocycles. The molecule has 0 N–H and O–H groups in total. The molecule has 0 fully saturated rings. The van der Waals surface area contributed by atoms with Crippen LogP contribution >= 0.6 is 0 Å². The molecule has 0 radical (unpaired) electrons. The number of nitrogens with zero attached hydrogens (tertiary/aromatic N) is 3. The third-order valence-electron chi connectivity index (χ3n) is 12.5. The molecular formula is C50H51N3OSi+2. The second kappa shape index (κ2) is 11.4. The summed E-state index contributed by atoms with van der Waals surface area (Å²) in [6.07, 6.45) is 2.51. The van der Waals surface area contributed by atoms with E-state index in [0.717, 1.165) is 21.9 Å². The topological polar surface area (TPSA) is 25.8 Å². The Balaban J connectivity index is 1.50. The molecule has 0 aliphatic carbocycles. The van der Waals surface area contributed by atoms with E-state index in [1.807, 2.05) is 0 Å². The first-order valence-electron chi connectivity index (χ1n) is 20.1. The minimum absolute atomic E-state index is 0.0346. The molecule has 1 spiro atoms. The summed E-state index contributed by atoms with van der Waals surface area (Å²) in [6, 6.07) is 41.4. The molecule has 5 heteroatoms. The highest BCUT2D eigenvalue weighted by molar-refractivity contribution is 6.88. The average molecular weight is 738 g/mol. The van der Waals surface area contributed by atoms with Gasteiger partial charge in [-0.05, 0) is 65.3 Å². The normalized spacial score (nSPS) is 16.2. The molecule has 0 amide bonds.